The van der Waals surface area contributed by atoms with Gasteiger partial charge in [-0.25, -0.2) is 0 Å². The minimum atomic E-state index is -0.612. The van der Waals surface area contributed by atoms with Crippen LogP contribution in [0.4, 0.5) is 17.1 Å². The molecule has 3 heterocycles. The zero-order valence-electron chi connectivity index (χ0n) is 24.7. The van der Waals surface area contributed by atoms with Gasteiger partial charge in [-0.05, 0) is 60.4 Å². The molecule has 1 N–H and O–H groups in total. The summed E-state index contributed by atoms with van der Waals surface area (Å²) in [6.07, 6.45) is 0.632. The number of aromatic amines is 1. The van der Waals surface area contributed by atoms with Gasteiger partial charge in [-0.2, -0.15) is 0 Å². The largest absolute Gasteiger partial charge is 0.489 e. The molecule has 6 unspecified atom stereocenters. The highest BCUT2D eigenvalue weighted by Crippen LogP contribution is 2.69. The summed E-state index contributed by atoms with van der Waals surface area (Å²) in [4.78, 5) is 67.6. The second-order valence-corrected chi connectivity index (χ2v) is 14.6. The number of nitro benzene ring substituents is 2. The molecule has 2 amide bonds. The van der Waals surface area contributed by atoms with Crippen molar-refractivity contribution in [2.24, 2.45) is 29.6 Å². The maximum Gasteiger partial charge on any atom is 0.305 e. The quantitative estimate of drug-likeness (QED) is 0.145. The number of amides is 2. The van der Waals surface area contributed by atoms with E-state index in [2.05, 4.69) is 4.98 Å². The van der Waals surface area contributed by atoms with Gasteiger partial charge in [0.2, 0.25) is 11.8 Å². The van der Waals surface area contributed by atoms with Crippen LogP contribution in [0.15, 0.2) is 76.6 Å². The molecule has 1 saturated heterocycles. The second-order valence-electron chi connectivity index (χ2n) is 12.4. The Morgan fingerprint density at radius 2 is 1.60 bits per heavy atom. The zero-order chi connectivity index (χ0) is 32.7. The number of imide groups is 1. The number of H-pyrrole nitrogens is 1. The summed E-state index contributed by atoms with van der Waals surface area (Å²) in [5.74, 6) is -2.48. The smallest absolute Gasteiger partial charge is 0.305 e. The Morgan fingerprint density at radius 1 is 0.915 bits per heavy atom. The Bertz CT molecular complexity index is 2060. The maximum atomic E-state index is 14.1. The topological polar surface area (TPSA) is 166 Å². The molecule has 7 atom stereocenters. The lowest BCUT2D eigenvalue weighted by Crippen LogP contribution is -2.42. The van der Waals surface area contributed by atoms with Gasteiger partial charge >= 0.3 is 4.87 Å². The molecule has 12 nitrogen and oxygen atoms in total. The number of rotatable bonds is 7. The molecule has 1 aromatic heterocycles. The molecule has 0 spiro atoms. The molecule has 0 radical (unpaired) electrons. The minimum absolute atomic E-state index is 0.111. The number of hydrogen-bond donors (Lipinski definition) is 1. The average Bonchev–Trinajstić information content (AvgIpc) is 3.79. The van der Waals surface area contributed by atoms with Crippen molar-refractivity contribution in [1.82, 2.24) is 4.98 Å². The summed E-state index contributed by atoms with van der Waals surface area (Å²) >= 11 is 2.58. The monoisotopic (exact) mass is 670 g/mol. The highest BCUT2D eigenvalue weighted by molar-refractivity contribution is 8.00. The first kappa shape index (κ1) is 29.6. The van der Waals surface area contributed by atoms with Gasteiger partial charge in [0.05, 0.1) is 32.4 Å². The van der Waals surface area contributed by atoms with Gasteiger partial charge in [0.15, 0.2) is 0 Å². The number of aryl methyl sites for hydroxylation is 1. The molecule has 14 heteroatoms. The standard InChI is InChI=1S/C33H26N4O8S2/c1-15-4-2-3-5-16(15)14-45-23-11-10-19(37(43)44)12-20(23)24-25-21-13-22(28(25)46-30-29(24)47-33(40)34-30)27-26(21)31(38)35(32(27)39)17-6-8-18(9-7-17)36(41)42/h2-12,21-22,24-28H,13-14H2,1H3,(H,34,40)/t21?,22?,24-,25?,26?,27?,28?/m1/s1. The van der Waals surface area contributed by atoms with Gasteiger partial charge in [0.25, 0.3) is 11.4 Å². The molecule has 8 rings (SSSR count). The van der Waals surface area contributed by atoms with Gasteiger partial charge in [0.1, 0.15) is 12.4 Å². The zero-order valence-corrected chi connectivity index (χ0v) is 26.4. The molecule has 3 fully saturated rings. The van der Waals surface area contributed by atoms with Crippen LogP contribution in [-0.2, 0) is 16.2 Å². The van der Waals surface area contributed by atoms with Crippen LogP contribution in [0, 0.1) is 56.7 Å². The van der Waals surface area contributed by atoms with E-state index in [1.54, 1.807) is 6.07 Å². The molecule has 2 aliphatic carbocycles. The van der Waals surface area contributed by atoms with Crippen molar-refractivity contribution in [1.29, 1.82) is 0 Å². The number of hydrogen-bond acceptors (Lipinski definition) is 10. The minimum Gasteiger partial charge on any atom is -0.489 e. The first-order valence-electron chi connectivity index (χ1n) is 15.1. The number of carbonyl (C=O) groups excluding carboxylic acids is 2. The van der Waals surface area contributed by atoms with E-state index in [1.165, 1.54) is 48.2 Å². The van der Waals surface area contributed by atoms with Crippen molar-refractivity contribution in [3.8, 4) is 5.75 Å². The van der Waals surface area contributed by atoms with E-state index in [0.29, 0.717) is 28.4 Å². The number of carbonyl (C=O) groups is 2. The summed E-state index contributed by atoms with van der Waals surface area (Å²) in [5.41, 5.74) is 2.62. The van der Waals surface area contributed by atoms with Crippen molar-refractivity contribution in [3.63, 3.8) is 0 Å². The first-order chi connectivity index (χ1) is 22.6. The van der Waals surface area contributed by atoms with Crippen LogP contribution in [0.25, 0.3) is 0 Å². The van der Waals surface area contributed by atoms with Crippen LogP contribution in [-0.4, -0.2) is 31.9 Å². The number of thiazole rings is 1. The van der Waals surface area contributed by atoms with Crippen molar-refractivity contribution in [2.45, 2.75) is 36.1 Å². The summed E-state index contributed by atoms with van der Waals surface area (Å²) in [6, 6.07) is 17.7. The number of aromatic nitrogens is 1. The predicted molar refractivity (Wildman–Crippen MR) is 173 cm³/mol. The van der Waals surface area contributed by atoms with E-state index < -0.39 is 27.6 Å². The van der Waals surface area contributed by atoms with Crippen LogP contribution in [0.3, 0.4) is 0 Å². The molecule has 4 aliphatic rings. The number of benzene rings is 3. The molecule has 4 aromatic rings. The maximum absolute atomic E-state index is 14.1. The second kappa shape index (κ2) is 10.9. The Balaban J connectivity index is 1.21. The molecular formula is C33H26N4O8S2. The van der Waals surface area contributed by atoms with Crippen molar-refractivity contribution in [3.05, 3.63) is 118 Å². The van der Waals surface area contributed by atoms with E-state index in [4.69, 9.17) is 4.74 Å². The Kier molecular flexibility index (Phi) is 6.84. The van der Waals surface area contributed by atoms with Crippen LogP contribution in [0.2, 0.25) is 0 Å². The SMILES string of the molecule is Cc1ccccc1COc1ccc([N+](=O)[O-])cc1[C@H]1c2sc(=O)[nH]c2SC2C3CC(C4C(=O)N(c5ccc([N+](=O)[O-])cc5)C(=O)C34)C21. The van der Waals surface area contributed by atoms with Crippen molar-refractivity contribution in [2.75, 3.05) is 4.90 Å². The van der Waals surface area contributed by atoms with Crippen LogP contribution >= 0.6 is 23.1 Å². The normalized spacial score (nSPS) is 27.0. The highest BCUT2D eigenvalue weighted by atomic mass is 32.2. The Labute approximate surface area is 275 Å². The fraction of sp³-hybridized carbons (Fsp3) is 0.303. The van der Waals surface area contributed by atoms with Crippen molar-refractivity contribution < 1.29 is 24.2 Å². The lowest BCUT2D eigenvalue weighted by Gasteiger charge is -2.43. The lowest BCUT2D eigenvalue weighted by atomic mass is 9.68. The number of non-ortho nitro benzene ring substituents is 2. The van der Waals surface area contributed by atoms with Crippen LogP contribution in [0.1, 0.15) is 33.9 Å². The number of anilines is 1. The van der Waals surface area contributed by atoms with Crippen molar-refractivity contribution >= 4 is 52.0 Å². The summed E-state index contributed by atoms with van der Waals surface area (Å²) in [7, 11) is 0. The number of thioether (sulfide) groups is 1. The third kappa shape index (κ3) is 4.53. The first-order valence-corrected chi connectivity index (χ1v) is 16.8. The van der Waals surface area contributed by atoms with E-state index in [9.17, 15) is 34.6 Å². The number of nitrogens with one attached hydrogen (secondary N) is 1. The van der Waals surface area contributed by atoms with Crippen LogP contribution < -0.4 is 14.5 Å². The molecule has 238 valence electrons. The van der Waals surface area contributed by atoms with E-state index >= 15 is 0 Å². The molecule has 2 aliphatic heterocycles. The van der Waals surface area contributed by atoms with E-state index in [0.717, 1.165) is 32.2 Å². The predicted octanol–water partition coefficient (Wildman–Crippen LogP) is 5.82. The number of nitrogens with zero attached hydrogens (tertiary/aromatic N) is 3. The van der Waals surface area contributed by atoms with Gasteiger partial charge < -0.3 is 9.72 Å². The number of nitro groups is 2. The number of ether oxygens (including phenoxy) is 1. The van der Waals surface area contributed by atoms with E-state index in [1.807, 2.05) is 31.2 Å². The fourth-order valence-electron chi connectivity index (χ4n) is 8.29. The molecule has 2 saturated carbocycles. The Morgan fingerprint density at radius 3 is 2.30 bits per heavy atom. The molecule has 2 bridgehead atoms. The molecular weight excluding hydrogens is 645 g/mol. The Hall–Kier alpha value is -4.82. The van der Waals surface area contributed by atoms with Gasteiger partial charge in [0, 0.05) is 45.9 Å². The average molecular weight is 671 g/mol. The third-order valence-electron chi connectivity index (χ3n) is 10.2. The molecule has 3 aromatic carbocycles. The van der Waals surface area contributed by atoms with Gasteiger partial charge in [-0.3, -0.25) is 39.5 Å². The van der Waals surface area contributed by atoms with Gasteiger partial charge in [-0.1, -0.05) is 35.6 Å². The number of fused-ring (bicyclic) bond motifs is 9. The fourth-order valence-corrected chi connectivity index (χ4v) is 11.2. The van der Waals surface area contributed by atoms with Crippen LogP contribution in [0.5, 0.6) is 5.75 Å². The molecule has 47 heavy (non-hydrogen) atoms. The lowest BCUT2D eigenvalue weighted by molar-refractivity contribution is -0.385. The van der Waals surface area contributed by atoms with Gasteiger partial charge in [-0.15, -0.1) is 11.8 Å². The highest BCUT2D eigenvalue weighted by Gasteiger charge is 2.70. The van der Waals surface area contributed by atoms with E-state index in [-0.39, 0.29) is 57.7 Å². The third-order valence-corrected chi connectivity index (χ3v) is 12.8. The summed E-state index contributed by atoms with van der Waals surface area (Å²) in [5, 5.41) is 23.8. The summed E-state index contributed by atoms with van der Waals surface area (Å²) in [6.45, 7) is 2.21. The summed E-state index contributed by atoms with van der Waals surface area (Å²) < 4.78 is 6.38.